The maximum absolute atomic E-state index is 12.2. The number of ether oxygens (including phenoxy) is 2. The van der Waals surface area contributed by atoms with E-state index < -0.39 is 0 Å². The lowest BCUT2D eigenvalue weighted by molar-refractivity contribution is -0.121. The second kappa shape index (κ2) is 14.5. The molecule has 0 radical (unpaired) electrons. The number of hydrogen-bond acceptors (Lipinski definition) is 4. The Morgan fingerprint density at radius 3 is 2.81 bits per heavy atom. The number of carbonyl (C=O) groups excluding carboxylic acids is 1. The molecule has 1 saturated carbocycles. The second-order valence-corrected chi connectivity index (χ2v) is 7.83. The topological polar surface area (TPSA) is 75.2 Å². The van der Waals surface area contributed by atoms with Crippen molar-refractivity contribution in [3.05, 3.63) is 24.3 Å². The summed E-state index contributed by atoms with van der Waals surface area (Å²) in [5.74, 6) is 1.59. The third kappa shape index (κ3) is 8.48. The van der Waals surface area contributed by atoms with Crippen LogP contribution in [0.15, 0.2) is 29.3 Å². The average molecular weight is 544 g/mol. The summed E-state index contributed by atoms with van der Waals surface area (Å²) in [6.45, 7) is 5.92. The van der Waals surface area contributed by atoms with E-state index >= 15 is 0 Å². The van der Waals surface area contributed by atoms with Crippen molar-refractivity contribution in [3.8, 4) is 5.75 Å². The normalized spacial score (nSPS) is 16.9. The standard InChI is InChI=1S/C23H36N4O3.HI/c1-2-24-23(26-15-9-17-29-19-10-4-3-5-11-19)25-14-8-16-27-20-12-6-7-13-21(20)30-18-22(27)28;/h6-7,12-13,19H,2-5,8-11,14-18H2,1H3,(H2,24,25,26);1H. The quantitative estimate of drug-likeness (QED) is 0.203. The SMILES string of the molecule is CCNC(=NCCCN1C(=O)COc2ccccc21)NCCCOC1CCCCC1.I. The van der Waals surface area contributed by atoms with Crippen LogP contribution in [0.25, 0.3) is 0 Å². The van der Waals surface area contributed by atoms with Gasteiger partial charge >= 0.3 is 0 Å². The highest BCUT2D eigenvalue weighted by atomic mass is 127. The van der Waals surface area contributed by atoms with E-state index in [1.807, 2.05) is 24.3 Å². The Balaban J connectivity index is 0.00000341. The summed E-state index contributed by atoms with van der Waals surface area (Å²) in [5, 5.41) is 6.66. The molecule has 1 aliphatic heterocycles. The van der Waals surface area contributed by atoms with Crippen LogP contribution in [0.3, 0.4) is 0 Å². The van der Waals surface area contributed by atoms with Crippen molar-refractivity contribution in [1.82, 2.24) is 10.6 Å². The van der Waals surface area contributed by atoms with Crippen molar-refractivity contribution < 1.29 is 14.3 Å². The molecular formula is C23H37IN4O3. The number of rotatable bonds is 10. The van der Waals surface area contributed by atoms with Gasteiger partial charge in [-0.05, 0) is 44.7 Å². The zero-order valence-electron chi connectivity index (χ0n) is 18.6. The van der Waals surface area contributed by atoms with Crippen LogP contribution in [0.5, 0.6) is 5.75 Å². The molecule has 7 nitrogen and oxygen atoms in total. The zero-order valence-corrected chi connectivity index (χ0v) is 20.9. The van der Waals surface area contributed by atoms with E-state index in [4.69, 9.17) is 9.47 Å². The Morgan fingerprint density at radius 2 is 2.00 bits per heavy atom. The molecule has 0 bridgehead atoms. The number of hydrogen-bond donors (Lipinski definition) is 2. The fraction of sp³-hybridized carbons (Fsp3) is 0.652. The number of halogens is 1. The van der Waals surface area contributed by atoms with Crippen LogP contribution in [0.4, 0.5) is 5.69 Å². The molecule has 31 heavy (non-hydrogen) atoms. The molecule has 1 aromatic carbocycles. The van der Waals surface area contributed by atoms with Gasteiger partial charge in [-0.25, -0.2) is 0 Å². The maximum atomic E-state index is 12.2. The van der Waals surface area contributed by atoms with Crippen molar-refractivity contribution in [2.45, 2.75) is 58.0 Å². The molecule has 0 spiro atoms. The third-order valence-corrected chi connectivity index (χ3v) is 5.48. The summed E-state index contributed by atoms with van der Waals surface area (Å²) >= 11 is 0. The molecule has 1 aromatic rings. The van der Waals surface area contributed by atoms with Gasteiger partial charge in [0.25, 0.3) is 5.91 Å². The van der Waals surface area contributed by atoms with Gasteiger partial charge in [0, 0.05) is 32.8 Å². The van der Waals surface area contributed by atoms with Gasteiger partial charge in [-0.3, -0.25) is 9.79 Å². The Labute approximate surface area is 203 Å². The number of guanidine groups is 1. The van der Waals surface area contributed by atoms with Gasteiger partial charge < -0.3 is 25.0 Å². The fourth-order valence-corrected chi connectivity index (χ4v) is 3.92. The van der Waals surface area contributed by atoms with Gasteiger partial charge in [0.1, 0.15) is 5.75 Å². The van der Waals surface area contributed by atoms with Crippen molar-refractivity contribution >= 4 is 41.5 Å². The molecule has 0 saturated heterocycles. The summed E-state index contributed by atoms with van der Waals surface area (Å²) in [7, 11) is 0. The summed E-state index contributed by atoms with van der Waals surface area (Å²) in [6.07, 6.45) is 8.64. The van der Waals surface area contributed by atoms with Crippen molar-refractivity contribution in [2.75, 3.05) is 44.3 Å². The van der Waals surface area contributed by atoms with E-state index in [1.165, 1.54) is 32.1 Å². The van der Waals surface area contributed by atoms with Gasteiger partial charge in [0.2, 0.25) is 0 Å². The minimum absolute atomic E-state index is 0. The first kappa shape index (κ1) is 25.7. The van der Waals surface area contributed by atoms with Crippen LogP contribution in [0.1, 0.15) is 51.9 Å². The van der Waals surface area contributed by atoms with E-state index in [9.17, 15) is 4.79 Å². The Morgan fingerprint density at radius 1 is 1.19 bits per heavy atom. The summed E-state index contributed by atoms with van der Waals surface area (Å²) < 4.78 is 11.5. The minimum Gasteiger partial charge on any atom is -0.482 e. The third-order valence-electron chi connectivity index (χ3n) is 5.48. The fourth-order valence-electron chi connectivity index (χ4n) is 3.92. The van der Waals surface area contributed by atoms with E-state index in [1.54, 1.807) is 4.90 Å². The van der Waals surface area contributed by atoms with Gasteiger partial charge in [-0.2, -0.15) is 0 Å². The molecule has 8 heteroatoms. The lowest BCUT2D eigenvalue weighted by Gasteiger charge is -2.29. The van der Waals surface area contributed by atoms with Crippen molar-refractivity contribution in [3.63, 3.8) is 0 Å². The molecule has 1 aliphatic carbocycles. The minimum atomic E-state index is 0. The molecule has 1 fully saturated rings. The highest BCUT2D eigenvalue weighted by molar-refractivity contribution is 14.0. The Hall–Kier alpha value is -1.55. The highest BCUT2D eigenvalue weighted by Crippen LogP contribution is 2.31. The first-order valence-electron chi connectivity index (χ1n) is 11.4. The van der Waals surface area contributed by atoms with Crippen LogP contribution >= 0.6 is 24.0 Å². The monoisotopic (exact) mass is 544 g/mol. The number of para-hydroxylation sites is 2. The Kier molecular flexibility index (Phi) is 12.0. The van der Waals surface area contributed by atoms with E-state index in [2.05, 4.69) is 22.5 Å². The number of fused-ring (bicyclic) bond motifs is 1. The average Bonchev–Trinajstić information content (AvgIpc) is 2.78. The number of nitrogens with zero attached hydrogens (tertiary/aromatic N) is 2. The van der Waals surface area contributed by atoms with Crippen LogP contribution in [-0.2, 0) is 9.53 Å². The highest BCUT2D eigenvalue weighted by Gasteiger charge is 2.24. The number of amides is 1. The predicted octanol–water partition coefficient (Wildman–Crippen LogP) is 3.71. The number of nitrogens with one attached hydrogen (secondary N) is 2. The van der Waals surface area contributed by atoms with Gasteiger partial charge in [-0.15, -0.1) is 24.0 Å². The van der Waals surface area contributed by atoms with E-state index in [0.29, 0.717) is 19.2 Å². The van der Waals surface area contributed by atoms with Gasteiger partial charge in [-0.1, -0.05) is 31.4 Å². The van der Waals surface area contributed by atoms with Crippen LogP contribution < -0.4 is 20.3 Å². The van der Waals surface area contributed by atoms with Crippen LogP contribution in [0.2, 0.25) is 0 Å². The summed E-state index contributed by atoms with van der Waals surface area (Å²) in [6, 6.07) is 7.68. The number of anilines is 1. The lowest BCUT2D eigenvalue weighted by Crippen LogP contribution is -2.40. The molecule has 3 rings (SSSR count). The largest absolute Gasteiger partial charge is 0.482 e. The molecule has 0 unspecified atom stereocenters. The molecular weight excluding hydrogens is 507 g/mol. The van der Waals surface area contributed by atoms with E-state index in [-0.39, 0.29) is 36.5 Å². The molecule has 1 heterocycles. The molecule has 0 atom stereocenters. The molecule has 2 aliphatic rings. The summed E-state index contributed by atoms with van der Waals surface area (Å²) in [5.41, 5.74) is 0.848. The van der Waals surface area contributed by atoms with Crippen molar-refractivity contribution in [1.29, 1.82) is 0 Å². The molecule has 0 aromatic heterocycles. The van der Waals surface area contributed by atoms with Crippen LogP contribution in [0, 0.1) is 0 Å². The summed E-state index contributed by atoms with van der Waals surface area (Å²) in [4.78, 5) is 18.7. The van der Waals surface area contributed by atoms with Gasteiger partial charge in [0.05, 0.1) is 11.8 Å². The molecule has 174 valence electrons. The smallest absolute Gasteiger partial charge is 0.265 e. The number of carbonyl (C=O) groups is 1. The zero-order chi connectivity index (χ0) is 21.0. The predicted molar refractivity (Wildman–Crippen MR) is 136 cm³/mol. The molecule has 2 N–H and O–H groups in total. The lowest BCUT2D eigenvalue weighted by atomic mass is 9.98. The second-order valence-electron chi connectivity index (χ2n) is 7.83. The number of benzene rings is 1. The van der Waals surface area contributed by atoms with Crippen molar-refractivity contribution in [2.24, 2.45) is 4.99 Å². The maximum Gasteiger partial charge on any atom is 0.265 e. The van der Waals surface area contributed by atoms with Crippen LogP contribution in [-0.4, -0.2) is 57.4 Å². The first-order valence-corrected chi connectivity index (χ1v) is 11.4. The van der Waals surface area contributed by atoms with Gasteiger partial charge in [0.15, 0.2) is 12.6 Å². The first-order chi connectivity index (χ1) is 14.8. The van der Waals surface area contributed by atoms with E-state index in [0.717, 1.165) is 49.9 Å². The molecule has 1 amide bonds. The Bertz CT molecular complexity index is 695. The number of aliphatic imine (C=N–C) groups is 1.